The van der Waals surface area contributed by atoms with Gasteiger partial charge < -0.3 is 4.57 Å². The van der Waals surface area contributed by atoms with Crippen LogP contribution in [0.25, 0.3) is 5.69 Å². The second kappa shape index (κ2) is 7.88. The molecule has 29 heavy (non-hydrogen) atoms. The van der Waals surface area contributed by atoms with Gasteiger partial charge in [0.05, 0.1) is 16.0 Å². The fourth-order valence-corrected chi connectivity index (χ4v) is 3.82. The van der Waals surface area contributed by atoms with Crippen molar-refractivity contribution in [1.29, 1.82) is 0 Å². The normalized spacial score (nSPS) is 11.7. The first kappa shape index (κ1) is 20.3. The largest absolute Gasteiger partial charge is 0.318 e. The van der Waals surface area contributed by atoms with Gasteiger partial charge in [0.25, 0.3) is 15.7 Å². The zero-order chi connectivity index (χ0) is 21.2. The number of non-ortho nitro benzene ring substituents is 1. The fourth-order valence-electron chi connectivity index (χ4n) is 2.99. The molecule has 1 N–H and O–H groups in total. The molecule has 9 heteroatoms. The summed E-state index contributed by atoms with van der Waals surface area (Å²) in [7, 11) is -4.02. The molecule has 0 saturated carbocycles. The van der Waals surface area contributed by atoms with Crippen LogP contribution in [0, 0.1) is 30.9 Å². The number of rotatable bonds is 6. The highest BCUT2D eigenvalue weighted by Crippen LogP contribution is 2.20. The lowest BCUT2D eigenvalue weighted by Gasteiger charge is -2.09. The van der Waals surface area contributed by atoms with E-state index in [9.17, 15) is 18.5 Å². The zero-order valence-corrected chi connectivity index (χ0v) is 17.0. The molecule has 3 aromatic rings. The number of hydrazone groups is 1. The first-order valence-corrected chi connectivity index (χ1v) is 10.2. The molecule has 0 aliphatic heterocycles. The lowest BCUT2D eigenvalue weighted by molar-refractivity contribution is -0.385. The molecular formula is C20H20N4O4S. The molecular weight excluding hydrogens is 392 g/mol. The number of aromatic nitrogens is 1. The van der Waals surface area contributed by atoms with Gasteiger partial charge in [0.2, 0.25) is 0 Å². The number of hydrogen-bond acceptors (Lipinski definition) is 5. The van der Waals surface area contributed by atoms with Crippen LogP contribution >= 0.6 is 0 Å². The number of hydrogen-bond donors (Lipinski definition) is 1. The van der Waals surface area contributed by atoms with Crippen molar-refractivity contribution < 1.29 is 13.3 Å². The van der Waals surface area contributed by atoms with Crippen LogP contribution in [-0.4, -0.2) is 24.1 Å². The maximum Gasteiger partial charge on any atom is 0.276 e. The smallest absolute Gasteiger partial charge is 0.276 e. The van der Waals surface area contributed by atoms with Crippen LogP contribution in [0.3, 0.4) is 0 Å². The van der Waals surface area contributed by atoms with Crippen molar-refractivity contribution in [3.8, 4) is 5.69 Å². The highest BCUT2D eigenvalue weighted by Gasteiger charge is 2.17. The minimum Gasteiger partial charge on any atom is -0.318 e. The van der Waals surface area contributed by atoms with Gasteiger partial charge in [-0.1, -0.05) is 23.8 Å². The highest BCUT2D eigenvalue weighted by atomic mass is 32.2. The van der Waals surface area contributed by atoms with Crippen LogP contribution < -0.4 is 4.83 Å². The van der Waals surface area contributed by atoms with Crippen LogP contribution in [0.5, 0.6) is 0 Å². The standard InChI is InChI=1S/C20H20N4O4S/c1-14-7-9-18(10-8-14)23-15(2)11-17(16(23)3)13-21-22-29(27,28)20-6-4-5-19(12-20)24(25)26/h4-13,22H,1-3H3/b21-13+. The molecule has 0 bridgehead atoms. The second-order valence-corrected chi connectivity index (χ2v) is 8.27. The SMILES string of the molecule is Cc1ccc(-n2c(C)cc(/C=N/NS(=O)(=O)c3cccc([N+](=O)[O-])c3)c2C)cc1. The molecule has 2 aromatic carbocycles. The van der Waals surface area contributed by atoms with Crippen molar-refractivity contribution in [2.45, 2.75) is 25.7 Å². The van der Waals surface area contributed by atoms with Crippen LogP contribution in [0.2, 0.25) is 0 Å². The highest BCUT2D eigenvalue weighted by molar-refractivity contribution is 7.89. The summed E-state index contributed by atoms with van der Waals surface area (Å²) < 4.78 is 26.8. The van der Waals surface area contributed by atoms with Crippen molar-refractivity contribution >= 4 is 21.9 Å². The number of nitrogens with one attached hydrogen (secondary N) is 1. The predicted molar refractivity (Wildman–Crippen MR) is 111 cm³/mol. The van der Waals surface area contributed by atoms with E-state index in [-0.39, 0.29) is 10.6 Å². The van der Waals surface area contributed by atoms with E-state index >= 15 is 0 Å². The van der Waals surface area contributed by atoms with Crippen LogP contribution in [0.1, 0.15) is 22.5 Å². The minimum atomic E-state index is -4.02. The van der Waals surface area contributed by atoms with Gasteiger partial charge in [-0.3, -0.25) is 10.1 Å². The lowest BCUT2D eigenvalue weighted by Crippen LogP contribution is -2.18. The zero-order valence-electron chi connectivity index (χ0n) is 16.2. The van der Waals surface area contributed by atoms with Gasteiger partial charge in [-0.15, -0.1) is 0 Å². The number of nitrogens with zero attached hydrogens (tertiary/aromatic N) is 3. The number of nitro groups is 1. The van der Waals surface area contributed by atoms with E-state index in [4.69, 9.17) is 0 Å². The first-order valence-electron chi connectivity index (χ1n) is 8.74. The minimum absolute atomic E-state index is 0.228. The molecule has 0 aliphatic carbocycles. The summed E-state index contributed by atoms with van der Waals surface area (Å²) in [5, 5.41) is 14.7. The molecule has 150 valence electrons. The molecule has 0 fully saturated rings. The Bertz CT molecular complexity index is 1200. The summed E-state index contributed by atoms with van der Waals surface area (Å²) in [6.07, 6.45) is 1.42. The van der Waals surface area contributed by atoms with Crippen molar-refractivity contribution in [3.63, 3.8) is 0 Å². The summed E-state index contributed by atoms with van der Waals surface area (Å²) in [5.74, 6) is 0. The molecule has 8 nitrogen and oxygen atoms in total. The molecule has 3 rings (SSSR count). The fraction of sp³-hybridized carbons (Fsp3) is 0.150. The Morgan fingerprint density at radius 1 is 1.07 bits per heavy atom. The van der Waals surface area contributed by atoms with Crippen molar-refractivity contribution in [1.82, 2.24) is 9.40 Å². The summed E-state index contributed by atoms with van der Waals surface area (Å²) in [6, 6.07) is 14.8. The van der Waals surface area contributed by atoms with Crippen molar-refractivity contribution in [2.75, 3.05) is 0 Å². The Labute approximate surface area is 168 Å². The van der Waals surface area contributed by atoms with E-state index in [0.717, 1.165) is 34.3 Å². The average molecular weight is 412 g/mol. The Morgan fingerprint density at radius 3 is 2.41 bits per heavy atom. The number of benzene rings is 2. The Morgan fingerprint density at radius 2 is 1.76 bits per heavy atom. The maximum atomic E-state index is 12.4. The third kappa shape index (κ3) is 4.35. The van der Waals surface area contributed by atoms with Gasteiger partial charge in [-0.05, 0) is 45.0 Å². The Balaban J connectivity index is 1.84. The van der Waals surface area contributed by atoms with Gasteiger partial charge in [0.15, 0.2) is 0 Å². The number of nitro benzene ring substituents is 1. The van der Waals surface area contributed by atoms with E-state index in [0.29, 0.717) is 0 Å². The summed E-state index contributed by atoms with van der Waals surface area (Å²) in [4.78, 5) is 12.1. The quantitative estimate of drug-likeness (QED) is 0.379. The van der Waals surface area contributed by atoms with E-state index in [1.807, 2.05) is 51.1 Å². The molecule has 0 radical (unpaired) electrons. The first-order chi connectivity index (χ1) is 13.7. The van der Waals surface area contributed by atoms with Gasteiger partial charge in [-0.25, -0.2) is 4.83 Å². The van der Waals surface area contributed by atoms with E-state index < -0.39 is 14.9 Å². The van der Waals surface area contributed by atoms with Gasteiger partial charge in [0.1, 0.15) is 0 Å². The number of aryl methyl sites for hydroxylation is 2. The monoisotopic (exact) mass is 412 g/mol. The van der Waals surface area contributed by atoms with Crippen LogP contribution in [0.15, 0.2) is 64.6 Å². The molecule has 0 amide bonds. The maximum absolute atomic E-state index is 12.4. The van der Waals surface area contributed by atoms with Gasteiger partial charge in [0, 0.05) is 34.8 Å². The molecule has 1 heterocycles. The second-order valence-electron chi connectivity index (χ2n) is 6.60. The van der Waals surface area contributed by atoms with Crippen LogP contribution in [-0.2, 0) is 10.0 Å². The van der Waals surface area contributed by atoms with E-state index in [1.54, 1.807) is 0 Å². The van der Waals surface area contributed by atoms with E-state index in [1.165, 1.54) is 24.4 Å². The Hall–Kier alpha value is -3.46. The van der Waals surface area contributed by atoms with Crippen LogP contribution in [0.4, 0.5) is 5.69 Å². The van der Waals surface area contributed by atoms with E-state index in [2.05, 4.69) is 14.5 Å². The molecule has 0 aliphatic rings. The number of sulfonamides is 1. The molecule has 0 atom stereocenters. The third-order valence-corrected chi connectivity index (χ3v) is 5.70. The molecule has 0 unspecified atom stereocenters. The topological polar surface area (TPSA) is 107 Å². The van der Waals surface area contributed by atoms with Gasteiger partial charge in [-0.2, -0.15) is 13.5 Å². The molecule has 1 aromatic heterocycles. The van der Waals surface area contributed by atoms with Gasteiger partial charge >= 0.3 is 0 Å². The predicted octanol–water partition coefficient (Wildman–Crippen LogP) is 3.62. The third-order valence-electron chi connectivity index (χ3n) is 4.48. The summed E-state index contributed by atoms with van der Waals surface area (Å²) >= 11 is 0. The summed E-state index contributed by atoms with van der Waals surface area (Å²) in [5.41, 5.74) is 4.50. The van der Waals surface area contributed by atoms with Crippen molar-refractivity contribution in [3.05, 3.63) is 87.2 Å². The molecule has 0 spiro atoms. The summed E-state index contributed by atoms with van der Waals surface area (Å²) in [6.45, 7) is 5.89. The molecule has 0 saturated heterocycles. The van der Waals surface area contributed by atoms with Crippen molar-refractivity contribution in [2.24, 2.45) is 5.10 Å². The average Bonchev–Trinajstić information content (AvgIpc) is 2.96. The lowest BCUT2D eigenvalue weighted by atomic mass is 10.2. The Kier molecular flexibility index (Phi) is 5.51.